The zero-order valence-electron chi connectivity index (χ0n) is 7.95. The first-order valence-electron chi connectivity index (χ1n) is 4.30. The van der Waals surface area contributed by atoms with Crippen molar-refractivity contribution in [2.45, 2.75) is 30.7 Å². The van der Waals surface area contributed by atoms with E-state index in [4.69, 9.17) is 20.0 Å². The predicted molar refractivity (Wildman–Crippen MR) is 46.9 cm³/mol. The molecule has 3 unspecified atom stereocenters. The Morgan fingerprint density at radius 2 is 1.62 bits per heavy atom. The molecule has 0 aromatic carbocycles. The van der Waals surface area contributed by atoms with Gasteiger partial charge in [0.15, 0.2) is 6.29 Å². The van der Waals surface area contributed by atoms with E-state index in [1.165, 1.54) is 0 Å². The first kappa shape index (κ1) is 14.0. The lowest BCUT2D eigenvalue weighted by Gasteiger charge is -2.38. The van der Waals surface area contributed by atoms with Crippen LogP contribution in [0.2, 0.25) is 0 Å². The van der Waals surface area contributed by atoms with Gasteiger partial charge in [-0.15, -0.1) is 0 Å². The maximum atomic E-state index is 10.4. The van der Waals surface area contributed by atoms with Crippen LogP contribution >= 0.6 is 7.82 Å². The van der Waals surface area contributed by atoms with Crippen LogP contribution in [0.15, 0.2) is 0 Å². The summed E-state index contributed by atoms with van der Waals surface area (Å²) in [6.07, 6.45) is -8.11. The number of phosphoric ester groups is 1. The zero-order chi connectivity index (χ0) is 12.5. The summed E-state index contributed by atoms with van der Waals surface area (Å²) in [7, 11) is -4.73. The summed E-state index contributed by atoms with van der Waals surface area (Å²) in [6, 6.07) is 0. The molecule has 0 amide bonds. The zero-order valence-corrected chi connectivity index (χ0v) is 8.84. The third kappa shape index (κ3) is 3.45. The minimum Gasteiger partial charge on any atom is -0.387 e. The highest BCUT2D eigenvalue weighted by Crippen LogP contribution is 2.36. The van der Waals surface area contributed by atoms with Gasteiger partial charge in [-0.1, -0.05) is 0 Å². The van der Waals surface area contributed by atoms with Gasteiger partial charge in [0.05, 0.1) is 6.61 Å². The highest BCUT2D eigenvalue weighted by atomic mass is 31.2. The molecule has 0 aliphatic carbocycles. The van der Waals surface area contributed by atoms with Gasteiger partial charge in [0, 0.05) is 0 Å². The Bertz CT molecular complexity index is 277. The molecule has 9 nitrogen and oxygen atoms in total. The summed E-state index contributed by atoms with van der Waals surface area (Å²) in [5.41, 5.74) is 0. The topological polar surface area (TPSA) is 157 Å². The van der Waals surface area contributed by atoms with Crippen LogP contribution < -0.4 is 0 Å². The Morgan fingerprint density at radius 1 is 1.06 bits per heavy atom. The number of aliphatic hydroxyl groups is 4. The van der Waals surface area contributed by atoms with Gasteiger partial charge in [-0.05, 0) is 0 Å². The summed E-state index contributed by atoms with van der Waals surface area (Å²) in [5, 5.41) is 36.7. The largest absolute Gasteiger partial charge is 0.469 e. The van der Waals surface area contributed by atoms with Crippen molar-refractivity contribution in [1.29, 1.82) is 0 Å². The van der Waals surface area contributed by atoms with E-state index < -0.39 is 45.1 Å². The predicted octanol–water partition coefficient (Wildman–Crippen LogP) is -3.10. The molecule has 0 bridgehead atoms. The molecule has 0 aromatic rings. The minimum absolute atomic E-state index is 0.730. The Labute approximate surface area is 90.1 Å². The van der Waals surface area contributed by atoms with Gasteiger partial charge >= 0.3 is 7.82 Å². The van der Waals surface area contributed by atoms with Gasteiger partial charge in [-0.25, -0.2) is 4.57 Å². The maximum Gasteiger partial charge on any atom is 0.469 e. The highest BCUT2D eigenvalue weighted by molar-refractivity contribution is 7.46. The molecule has 16 heavy (non-hydrogen) atoms. The molecule has 0 saturated carbocycles. The summed E-state index contributed by atoms with van der Waals surface area (Å²) < 4.78 is 19.0. The fourth-order valence-electron chi connectivity index (χ4n) is 1.24. The summed E-state index contributed by atoms with van der Waals surface area (Å²) in [4.78, 5) is 16.8. The smallest absolute Gasteiger partial charge is 0.387 e. The number of ether oxygens (including phenoxy) is 1. The van der Waals surface area contributed by atoms with E-state index in [-0.39, 0.29) is 0 Å². The molecule has 1 rings (SSSR count). The molecule has 0 aromatic heterocycles. The van der Waals surface area contributed by atoms with Gasteiger partial charge in [-0.3, -0.25) is 4.52 Å². The molecule has 1 heterocycles. The van der Waals surface area contributed by atoms with Gasteiger partial charge < -0.3 is 34.9 Å². The SMILES string of the molecule is O=P(O)(O)OCC1O[C@@H](O)C(O)C(O)[C@@H]1O. The van der Waals surface area contributed by atoms with Gasteiger partial charge in [0.2, 0.25) is 0 Å². The quantitative estimate of drug-likeness (QED) is 0.289. The lowest BCUT2D eigenvalue weighted by Crippen LogP contribution is -2.58. The van der Waals surface area contributed by atoms with Gasteiger partial charge in [0.1, 0.15) is 24.4 Å². The molecule has 1 aliphatic heterocycles. The second-order valence-corrected chi connectivity index (χ2v) is 4.56. The molecule has 1 saturated heterocycles. The van der Waals surface area contributed by atoms with Gasteiger partial charge in [-0.2, -0.15) is 0 Å². The van der Waals surface area contributed by atoms with E-state index in [2.05, 4.69) is 9.26 Å². The molecule has 10 heteroatoms. The van der Waals surface area contributed by atoms with Crippen LogP contribution in [-0.4, -0.2) is 67.5 Å². The molecule has 96 valence electrons. The van der Waals surface area contributed by atoms with Crippen LogP contribution in [0.1, 0.15) is 0 Å². The lowest BCUT2D eigenvalue weighted by molar-refractivity contribution is -0.285. The van der Waals surface area contributed by atoms with Gasteiger partial charge in [0.25, 0.3) is 0 Å². The lowest BCUT2D eigenvalue weighted by atomic mass is 10.00. The third-order valence-corrected chi connectivity index (χ3v) is 2.58. The fraction of sp³-hybridized carbons (Fsp3) is 1.00. The molecule has 0 radical (unpaired) electrons. The van der Waals surface area contributed by atoms with E-state index >= 15 is 0 Å². The van der Waals surface area contributed by atoms with Crippen LogP contribution in [0.3, 0.4) is 0 Å². The van der Waals surface area contributed by atoms with Crippen molar-refractivity contribution in [3.8, 4) is 0 Å². The van der Waals surface area contributed by atoms with E-state index in [0.29, 0.717) is 0 Å². The van der Waals surface area contributed by atoms with E-state index in [1.807, 2.05) is 0 Å². The summed E-state index contributed by atoms with van der Waals surface area (Å²) in [5.74, 6) is 0. The van der Waals surface area contributed by atoms with E-state index in [0.717, 1.165) is 0 Å². The Morgan fingerprint density at radius 3 is 2.12 bits per heavy atom. The first-order chi connectivity index (χ1) is 7.22. The van der Waals surface area contributed by atoms with Crippen molar-refractivity contribution >= 4 is 7.82 Å². The second kappa shape index (κ2) is 5.05. The second-order valence-electron chi connectivity index (χ2n) is 3.32. The van der Waals surface area contributed by atoms with E-state index in [1.54, 1.807) is 0 Å². The van der Waals surface area contributed by atoms with Crippen molar-refractivity contribution in [3.05, 3.63) is 0 Å². The Kier molecular flexibility index (Phi) is 4.41. The number of aliphatic hydroxyl groups excluding tert-OH is 4. The average Bonchev–Trinajstić information content (AvgIpc) is 2.17. The molecular formula is C6H13O9P. The van der Waals surface area contributed by atoms with Crippen molar-refractivity contribution in [2.24, 2.45) is 0 Å². The summed E-state index contributed by atoms with van der Waals surface area (Å²) >= 11 is 0. The average molecular weight is 260 g/mol. The van der Waals surface area contributed by atoms with Crippen molar-refractivity contribution < 1.29 is 44.0 Å². The molecule has 1 fully saturated rings. The maximum absolute atomic E-state index is 10.4. The van der Waals surface area contributed by atoms with Crippen molar-refractivity contribution in [1.82, 2.24) is 0 Å². The van der Waals surface area contributed by atoms with Crippen molar-refractivity contribution in [2.75, 3.05) is 6.61 Å². The summed E-state index contributed by atoms with van der Waals surface area (Å²) in [6.45, 7) is -0.730. The standard InChI is InChI=1S/C6H13O9P/c7-3-2(1-14-16(11,12)13)15-6(10)5(9)4(3)8/h2-10H,1H2,(H2,11,12,13)/t2?,3-,4?,5?,6-/m1/s1. The third-order valence-electron chi connectivity index (χ3n) is 2.09. The van der Waals surface area contributed by atoms with Crippen molar-refractivity contribution in [3.63, 3.8) is 0 Å². The number of hydrogen-bond donors (Lipinski definition) is 6. The van der Waals surface area contributed by atoms with Crippen LogP contribution in [0.25, 0.3) is 0 Å². The van der Waals surface area contributed by atoms with E-state index in [9.17, 15) is 14.8 Å². The van der Waals surface area contributed by atoms with Crippen LogP contribution in [-0.2, 0) is 13.8 Å². The molecule has 0 spiro atoms. The van der Waals surface area contributed by atoms with Crippen LogP contribution in [0, 0.1) is 0 Å². The molecule has 6 N–H and O–H groups in total. The fourth-order valence-corrected chi connectivity index (χ4v) is 1.58. The molecule has 1 aliphatic rings. The highest BCUT2D eigenvalue weighted by Gasteiger charge is 2.43. The molecule has 5 atom stereocenters. The Hall–Kier alpha value is -0.0900. The number of phosphoric acid groups is 1. The number of hydrogen-bond acceptors (Lipinski definition) is 7. The number of rotatable bonds is 3. The minimum atomic E-state index is -4.73. The van der Waals surface area contributed by atoms with Crippen LogP contribution in [0.5, 0.6) is 0 Å². The first-order valence-corrected chi connectivity index (χ1v) is 5.83. The van der Waals surface area contributed by atoms with Crippen LogP contribution in [0.4, 0.5) is 0 Å². The molecular weight excluding hydrogens is 247 g/mol. The Balaban J connectivity index is 2.57. The monoisotopic (exact) mass is 260 g/mol. The normalized spacial score (nSPS) is 41.0.